The van der Waals surface area contributed by atoms with Crippen LogP contribution < -0.4 is 5.46 Å². The lowest BCUT2D eigenvalue weighted by Crippen LogP contribution is -2.29. The van der Waals surface area contributed by atoms with Gasteiger partial charge in [-0.3, -0.25) is 0 Å². The van der Waals surface area contributed by atoms with Crippen LogP contribution in [0.1, 0.15) is 52.7 Å². The minimum Gasteiger partial charge on any atom is -0.423 e. The van der Waals surface area contributed by atoms with E-state index in [9.17, 15) is 0 Å². The second-order valence-corrected chi connectivity index (χ2v) is 12.8. The van der Waals surface area contributed by atoms with E-state index in [-0.39, 0.29) is 10.8 Å². The molecule has 4 aromatic rings. The fraction of sp³-hybridized carbons (Fsp3) is 0.250. The second kappa shape index (κ2) is 14.4. The highest BCUT2D eigenvalue weighted by Crippen LogP contribution is 2.27. The molecule has 6 heteroatoms. The van der Waals surface area contributed by atoms with E-state index in [1.54, 1.807) is 24.3 Å². The summed E-state index contributed by atoms with van der Waals surface area (Å²) in [7, 11) is -1.41. The van der Waals surface area contributed by atoms with Gasteiger partial charge in [0.15, 0.2) is 0 Å². The molecular formula is C32H36BBrCl2O2. The van der Waals surface area contributed by atoms with Gasteiger partial charge in [-0.2, -0.15) is 0 Å². The normalized spacial score (nSPS) is 11.0. The van der Waals surface area contributed by atoms with Gasteiger partial charge in [-0.25, -0.2) is 0 Å². The van der Waals surface area contributed by atoms with Gasteiger partial charge in [-0.1, -0.05) is 141 Å². The first-order valence-corrected chi connectivity index (χ1v) is 14.0. The Kier molecular flexibility index (Phi) is 12.1. The molecule has 0 aliphatic rings. The van der Waals surface area contributed by atoms with Crippen LogP contribution in [0.25, 0.3) is 11.1 Å². The van der Waals surface area contributed by atoms with Gasteiger partial charge in [0.05, 0.1) is 0 Å². The van der Waals surface area contributed by atoms with E-state index in [0.29, 0.717) is 10.5 Å². The summed E-state index contributed by atoms with van der Waals surface area (Å²) in [6, 6.07) is 31.5. The van der Waals surface area contributed by atoms with E-state index in [4.69, 9.17) is 33.2 Å². The van der Waals surface area contributed by atoms with Crippen molar-refractivity contribution in [2.24, 2.45) is 0 Å². The summed E-state index contributed by atoms with van der Waals surface area (Å²) in [4.78, 5) is 0. The molecule has 0 unspecified atom stereocenters. The van der Waals surface area contributed by atoms with E-state index in [2.05, 4.69) is 118 Å². The Bertz CT molecular complexity index is 1240. The van der Waals surface area contributed by atoms with Crippen LogP contribution in [0.5, 0.6) is 0 Å². The van der Waals surface area contributed by atoms with Crippen molar-refractivity contribution in [2.75, 3.05) is 0 Å². The summed E-state index contributed by atoms with van der Waals surface area (Å²) in [6.07, 6.45) is 0. The van der Waals surface area contributed by atoms with Crippen molar-refractivity contribution in [1.82, 2.24) is 0 Å². The zero-order valence-electron chi connectivity index (χ0n) is 22.8. The zero-order valence-corrected chi connectivity index (χ0v) is 25.9. The molecule has 0 saturated heterocycles. The van der Waals surface area contributed by atoms with Gasteiger partial charge < -0.3 is 10.0 Å². The maximum atomic E-state index is 8.63. The van der Waals surface area contributed by atoms with Crippen molar-refractivity contribution >= 4 is 51.7 Å². The summed E-state index contributed by atoms with van der Waals surface area (Å²) in [6.45, 7) is 13.3. The van der Waals surface area contributed by atoms with E-state index < -0.39 is 7.12 Å². The summed E-state index contributed by atoms with van der Waals surface area (Å²) >= 11 is 14.8. The standard InChI is InChI=1S/C16H17Cl.C10H13Br.C6H6BClO2/c1-16(2,3)14-8-4-12(5-9-14)13-6-10-15(17)11-7-13;1-10(2,3)8-4-6-9(11)7-5-8;8-6-3-1-5(2-4-6)7(9)10/h4-11H,1-3H3;4-7H,1-3H3;1-4,9-10H. The highest BCUT2D eigenvalue weighted by atomic mass is 79.9. The molecule has 200 valence electrons. The van der Waals surface area contributed by atoms with Crippen molar-refractivity contribution in [3.8, 4) is 11.1 Å². The first-order valence-electron chi connectivity index (χ1n) is 12.4. The summed E-state index contributed by atoms with van der Waals surface area (Å²) in [5.74, 6) is 0. The number of rotatable bonds is 2. The highest BCUT2D eigenvalue weighted by Gasteiger charge is 2.13. The molecule has 0 aliphatic carbocycles. The first-order chi connectivity index (χ1) is 17.7. The van der Waals surface area contributed by atoms with E-state index in [1.165, 1.54) is 22.3 Å². The van der Waals surface area contributed by atoms with E-state index >= 15 is 0 Å². The van der Waals surface area contributed by atoms with Crippen LogP contribution in [0.4, 0.5) is 0 Å². The highest BCUT2D eigenvalue weighted by molar-refractivity contribution is 9.10. The van der Waals surface area contributed by atoms with E-state index in [0.717, 1.165) is 9.50 Å². The molecule has 38 heavy (non-hydrogen) atoms. The minimum atomic E-state index is -1.41. The van der Waals surface area contributed by atoms with Gasteiger partial charge in [0, 0.05) is 14.5 Å². The molecule has 0 atom stereocenters. The number of hydrogen-bond acceptors (Lipinski definition) is 2. The predicted molar refractivity (Wildman–Crippen MR) is 170 cm³/mol. The molecule has 0 aromatic heterocycles. The van der Waals surface area contributed by atoms with Crippen LogP contribution in [0.3, 0.4) is 0 Å². The molecule has 2 N–H and O–H groups in total. The molecule has 0 aliphatic heterocycles. The number of halogens is 3. The molecular weight excluding hydrogens is 578 g/mol. The monoisotopic (exact) mass is 612 g/mol. The van der Waals surface area contributed by atoms with Crippen LogP contribution in [0.2, 0.25) is 10.0 Å². The number of benzene rings is 4. The summed E-state index contributed by atoms with van der Waals surface area (Å²) in [5.41, 5.74) is 6.09. The molecule has 4 aromatic carbocycles. The third kappa shape index (κ3) is 11.0. The largest absolute Gasteiger partial charge is 0.488 e. The van der Waals surface area contributed by atoms with Crippen LogP contribution >= 0.6 is 39.1 Å². The fourth-order valence-electron chi connectivity index (χ4n) is 3.39. The maximum absolute atomic E-state index is 8.63. The van der Waals surface area contributed by atoms with Gasteiger partial charge in [0.2, 0.25) is 0 Å². The first kappa shape index (κ1) is 32.1. The van der Waals surface area contributed by atoms with Crippen LogP contribution in [-0.2, 0) is 10.8 Å². The molecule has 0 spiro atoms. The molecule has 0 radical (unpaired) electrons. The Morgan fingerprint density at radius 3 is 1.18 bits per heavy atom. The molecule has 0 saturated carbocycles. The van der Waals surface area contributed by atoms with Crippen molar-refractivity contribution in [3.63, 3.8) is 0 Å². The second-order valence-electron chi connectivity index (χ2n) is 11.0. The van der Waals surface area contributed by atoms with E-state index in [1.807, 2.05) is 12.1 Å². The Hall–Kier alpha value is -2.08. The van der Waals surface area contributed by atoms with Crippen molar-refractivity contribution in [3.05, 3.63) is 123 Å². The van der Waals surface area contributed by atoms with Crippen LogP contribution in [0.15, 0.2) is 102 Å². The quantitative estimate of drug-likeness (QED) is 0.221. The van der Waals surface area contributed by atoms with Gasteiger partial charge >= 0.3 is 7.12 Å². The molecule has 0 fully saturated rings. The molecule has 0 amide bonds. The van der Waals surface area contributed by atoms with Crippen molar-refractivity contribution < 1.29 is 10.0 Å². The molecule has 4 rings (SSSR count). The SMILES string of the molecule is CC(C)(C)c1ccc(-c2ccc(Cl)cc2)cc1.CC(C)(C)c1ccc(Br)cc1.OB(O)c1ccc(Cl)cc1. The summed E-state index contributed by atoms with van der Waals surface area (Å²) in [5, 5.41) is 18.6. The summed E-state index contributed by atoms with van der Waals surface area (Å²) < 4.78 is 1.14. The third-order valence-electron chi connectivity index (χ3n) is 5.81. The Morgan fingerprint density at radius 1 is 0.526 bits per heavy atom. The third-order valence-corrected chi connectivity index (χ3v) is 6.84. The predicted octanol–water partition coefficient (Wildman–Crippen LogP) is 9.07. The minimum absolute atomic E-state index is 0.207. The zero-order chi connectivity index (χ0) is 28.5. The number of hydrogen-bond donors (Lipinski definition) is 2. The van der Waals surface area contributed by atoms with Gasteiger partial charge in [-0.05, 0) is 74.9 Å². The Balaban J connectivity index is 0.000000211. The Labute approximate surface area is 246 Å². The smallest absolute Gasteiger partial charge is 0.423 e. The average molecular weight is 614 g/mol. The molecule has 0 heterocycles. The molecule has 0 bridgehead atoms. The van der Waals surface area contributed by atoms with Crippen LogP contribution in [0, 0.1) is 0 Å². The fourth-order valence-corrected chi connectivity index (χ4v) is 3.91. The average Bonchev–Trinajstić information content (AvgIpc) is 2.85. The van der Waals surface area contributed by atoms with Gasteiger partial charge in [0.25, 0.3) is 0 Å². The van der Waals surface area contributed by atoms with Crippen LogP contribution in [-0.4, -0.2) is 17.2 Å². The topological polar surface area (TPSA) is 40.5 Å². The lowest BCUT2D eigenvalue weighted by atomic mass is 9.81. The van der Waals surface area contributed by atoms with Gasteiger partial charge in [-0.15, -0.1) is 0 Å². The van der Waals surface area contributed by atoms with Crippen molar-refractivity contribution in [1.29, 1.82) is 0 Å². The van der Waals surface area contributed by atoms with Gasteiger partial charge in [0.1, 0.15) is 0 Å². The Morgan fingerprint density at radius 2 is 0.842 bits per heavy atom. The maximum Gasteiger partial charge on any atom is 0.488 e. The van der Waals surface area contributed by atoms with Crippen molar-refractivity contribution in [2.45, 2.75) is 52.4 Å². The lowest BCUT2D eigenvalue weighted by Gasteiger charge is -2.19. The molecule has 2 nitrogen and oxygen atoms in total. The lowest BCUT2D eigenvalue weighted by molar-refractivity contribution is 0.426.